The smallest absolute Gasteiger partial charge is 0.399 e. The molecule has 0 radical (unpaired) electrons. The van der Waals surface area contributed by atoms with Crippen molar-refractivity contribution in [2.75, 3.05) is 17.6 Å². The normalized spacial score (nSPS) is 11.6. The molecule has 1 aromatic heterocycles. The summed E-state index contributed by atoms with van der Waals surface area (Å²) in [6.07, 6.45) is -0.275. The van der Waals surface area contributed by atoms with E-state index in [1.807, 2.05) is 6.20 Å². The van der Waals surface area contributed by atoms with Gasteiger partial charge in [0.2, 0.25) is 0 Å². The van der Waals surface area contributed by atoms with Gasteiger partial charge in [0.25, 0.3) is 0 Å². The molecular formula is C13H15F3N4. The second-order valence-corrected chi connectivity index (χ2v) is 4.35. The Labute approximate surface area is 114 Å². The molecule has 0 bridgehead atoms. The van der Waals surface area contributed by atoms with Crippen LogP contribution in [0.2, 0.25) is 0 Å². The lowest BCUT2D eigenvalue weighted by molar-refractivity contribution is -0.136. The lowest BCUT2D eigenvalue weighted by Gasteiger charge is -2.15. The van der Waals surface area contributed by atoms with Gasteiger partial charge < -0.3 is 11.1 Å². The zero-order chi connectivity index (χ0) is 14.6. The van der Waals surface area contributed by atoms with E-state index in [-0.39, 0.29) is 11.4 Å². The van der Waals surface area contributed by atoms with Gasteiger partial charge in [0.1, 0.15) is 0 Å². The van der Waals surface area contributed by atoms with Gasteiger partial charge in [0.05, 0.1) is 5.56 Å². The molecule has 0 unspecified atom stereocenters. The molecule has 1 aromatic carbocycles. The first-order valence-electron chi connectivity index (χ1n) is 6.15. The number of nitrogen functional groups attached to an aromatic ring is 1. The number of aryl methyl sites for hydroxylation is 1. The molecule has 0 atom stereocenters. The van der Waals surface area contributed by atoms with Crippen molar-refractivity contribution >= 4 is 11.4 Å². The van der Waals surface area contributed by atoms with E-state index in [9.17, 15) is 13.2 Å². The van der Waals surface area contributed by atoms with Gasteiger partial charge in [-0.3, -0.25) is 4.68 Å². The van der Waals surface area contributed by atoms with Crippen molar-refractivity contribution in [1.29, 1.82) is 0 Å². The van der Waals surface area contributed by atoms with E-state index in [0.717, 1.165) is 6.07 Å². The Morgan fingerprint density at radius 3 is 2.75 bits per heavy atom. The summed E-state index contributed by atoms with van der Waals surface area (Å²) in [6.45, 7) is 1.07. The predicted octanol–water partition coefficient (Wildman–Crippen LogP) is 2.99. The van der Waals surface area contributed by atoms with Gasteiger partial charge in [-0.15, -0.1) is 0 Å². The Bertz CT molecular complexity index is 549. The van der Waals surface area contributed by atoms with Crippen molar-refractivity contribution in [3.63, 3.8) is 0 Å². The quantitative estimate of drug-likeness (QED) is 0.655. The first-order valence-corrected chi connectivity index (χ1v) is 6.15. The number of rotatable bonds is 5. The minimum absolute atomic E-state index is 0.0483. The zero-order valence-corrected chi connectivity index (χ0v) is 10.7. The Hall–Kier alpha value is -2.18. The highest BCUT2D eigenvalue weighted by molar-refractivity contribution is 5.59. The van der Waals surface area contributed by atoms with E-state index in [0.29, 0.717) is 19.5 Å². The fourth-order valence-corrected chi connectivity index (χ4v) is 1.85. The van der Waals surface area contributed by atoms with Gasteiger partial charge in [-0.05, 0) is 30.7 Å². The number of alkyl halides is 3. The van der Waals surface area contributed by atoms with E-state index in [2.05, 4.69) is 10.4 Å². The standard InChI is InChI=1S/C13H15F3N4/c14-13(15,16)11-9-10(17)3-4-12(11)18-5-1-7-20-8-2-6-19-20/h2-4,6,8-9,18H,1,5,7,17H2. The lowest BCUT2D eigenvalue weighted by atomic mass is 10.1. The molecule has 20 heavy (non-hydrogen) atoms. The van der Waals surface area contributed by atoms with Crippen LogP contribution in [0.15, 0.2) is 36.7 Å². The predicted molar refractivity (Wildman–Crippen MR) is 71.2 cm³/mol. The number of hydrogen-bond acceptors (Lipinski definition) is 3. The minimum atomic E-state index is -4.42. The summed E-state index contributed by atoms with van der Waals surface area (Å²) in [5.41, 5.74) is 4.81. The Morgan fingerprint density at radius 2 is 2.10 bits per heavy atom. The molecule has 0 aliphatic heterocycles. The Balaban J connectivity index is 1.95. The summed E-state index contributed by atoms with van der Waals surface area (Å²) < 4.78 is 40.3. The first kappa shape index (κ1) is 14.2. The second kappa shape index (κ2) is 5.85. The Kier molecular flexibility index (Phi) is 4.16. The average Bonchev–Trinajstić information content (AvgIpc) is 2.88. The number of benzene rings is 1. The van der Waals surface area contributed by atoms with E-state index < -0.39 is 11.7 Å². The molecule has 0 spiro atoms. The van der Waals surface area contributed by atoms with Gasteiger partial charge in [0, 0.05) is 36.9 Å². The fourth-order valence-electron chi connectivity index (χ4n) is 1.85. The maximum absolute atomic E-state index is 12.9. The Morgan fingerprint density at radius 1 is 1.30 bits per heavy atom. The molecule has 0 aliphatic carbocycles. The van der Waals surface area contributed by atoms with Crippen LogP contribution in [-0.4, -0.2) is 16.3 Å². The van der Waals surface area contributed by atoms with Crippen LogP contribution in [-0.2, 0) is 12.7 Å². The molecule has 7 heteroatoms. The summed E-state index contributed by atoms with van der Waals surface area (Å²) in [5.74, 6) is 0. The van der Waals surface area contributed by atoms with Crippen LogP contribution in [0.3, 0.4) is 0 Å². The third kappa shape index (κ3) is 3.66. The molecular weight excluding hydrogens is 269 g/mol. The van der Waals surface area contributed by atoms with Crippen molar-refractivity contribution in [3.05, 3.63) is 42.2 Å². The molecule has 2 aromatic rings. The number of aromatic nitrogens is 2. The van der Waals surface area contributed by atoms with Crippen LogP contribution in [0.5, 0.6) is 0 Å². The maximum Gasteiger partial charge on any atom is 0.418 e. The van der Waals surface area contributed by atoms with E-state index in [1.54, 1.807) is 16.9 Å². The van der Waals surface area contributed by atoms with Gasteiger partial charge in [-0.1, -0.05) is 0 Å². The minimum Gasteiger partial charge on any atom is -0.399 e. The van der Waals surface area contributed by atoms with Gasteiger partial charge >= 0.3 is 6.18 Å². The summed E-state index contributed by atoms with van der Waals surface area (Å²) in [7, 11) is 0. The molecule has 0 aliphatic rings. The third-order valence-corrected chi connectivity index (χ3v) is 2.79. The molecule has 108 valence electrons. The molecule has 3 N–H and O–H groups in total. The number of nitrogens with zero attached hydrogens (tertiary/aromatic N) is 2. The molecule has 2 rings (SSSR count). The highest BCUT2D eigenvalue weighted by Gasteiger charge is 2.33. The number of hydrogen-bond donors (Lipinski definition) is 2. The highest BCUT2D eigenvalue weighted by Crippen LogP contribution is 2.35. The summed E-state index contributed by atoms with van der Waals surface area (Å²) in [6, 6.07) is 5.54. The van der Waals surface area contributed by atoms with Crippen LogP contribution in [0.4, 0.5) is 24.5 Å². The van der Waals surface area contributed by atoms with Crippen molar-refractivity contribution < 1.29 is 13.2 Å². The zero-order valence-electron chi connectivity index (χ0n) is 10.7. The summed E-state index contributed by atoms with van der Waals surface area (Å²) in [5, 5.41) is 6.81. The number of halogens is 3. The second-order valence-electron chi connectivity index (χ2n) is 4.35. The molecule has 0 fully saturated rings. The maximum atomic E-state index is 12.9. The van der Waals surface area contributed by atoms with Crippen LogP contribution in [0.1, 0.15) is 12.0 Å². The molecule has 1 heterocycles. The largest absolute Gasteiger partial charge is 0.418 e. The molecule has 4 nitrogen and oxygen atoms in total. The first-order chi connectivity index (χ1) is 9.47. The van der Waals surface area contributed by atoms with E-state index >= 15 is 0 Å². The van der Waals surface area contributed by atoms with E-state index in [1.165, 1.54) is 12.1 Å². The van der Waals surface area contributed by atoms with E-state index in [4.69, 9.17) is 5.73 Å². The fraction of sp³-hybridized carbons (Fsp3) is 0.308. The summed E-state index contributed by atoms with van der Waals surface area (Å²) >= 11 is 0. The number of anilines is 2. The van der Waals surface area contributed by atoms with Crippen LogP contribution in [0, 0.1) is 0 Å². The highest BCUT2D eigenvalue weighted by atomic mass is 19.4. The van der Waals surface area contributed by atoms with Gasteiger partial charge in [-0.25, -0.2) is 0 Å². The van der Waals surface area contributed by atoms with Gasteiger partial charge in [-0.2, -0.15) is 18.3 Å². The van der Waals surface area contributed by atoms with Crippen LogP contribution < -0.4 is 11.1 Å². The van der Waals surface area contributed by atoms with Crippen molar-refractivity contribution in [2.45, 2.75) is 19.1 Å². The number of nitrogens with one attached hydrogen (secondary N) is 1. The van der Waals surface area contributed by atoms with Crippen molar-refractivity contribution in [3.8, 4) is 0 Å². The van der Waals surface area contributed by atoms with Crippen molar-refractivity contribution in [1.82, 2.24) is 9.78 Å². The van der Waals surface area contributed by atoms with Crippen LogP contribution >= 0.6 is 0 Å². The SMILES string of the molecule is Nc1ccc(NCCCn2cccn2)c(C(F)(F)F)c1. The van der Waals surface area contributed by atoms with Crippen LogP contribution in [0.25, 0.3) is 0 Å². The lowest BCUT2D eigenvalue weighted by Crippen LogP contribution is -2.13. The molecule has 0 saturated heterocycles. The number of nitrogens with two attached hydrogens (primary N) is 1. The van der Waals surface area contributed by atoms with Crippen molar-refractivity contribution in [2.24, 2.45) is 0 Å². The summed E-state index contributed by atoms with van der Waals surface area (Å²) in [4.78, 5) is 0. The van der Waals surface area contributed by atoms with Gasteiger partial charge in [0.15, 0.2) is 0 Å². The third-order valence-electron chi connectivity index (χ3n) is 2.79. The molecule has 0 amide bonds. The molecule has 0 saturated carbocycles. The average molecular weight is 284 g/mol. The monoisotopic (exact) mass is 284 g/mol. The topological polar surface area (TPSA) is 55.9 Å².